The highest BCUT2D eigenvalue weighted by molar-refractivity contribution is 5.86. The lowest BCUT2D eigenvalue weighted by Gasteiger charge is -2.35. The van der Waals surface area contributed by atoms with Crippen LogP contribution in [-0.4, -0.2) is 92.5 Å². The number of morpholine rings is 1. The normalized spacial score (nSPS) is 18.2. The zero-order valence-corrected chi connectivity index (χ0v) is 12.2. The maximum atomic E-state index is 12.2. The van der Waals surface area contributed by atoms with Gasteiger partial charge in [0.15, 0.2) is 6.04 Å². The van der Waals surface area contributed by atoms with Gasteiger partial charge in [0, 0.05) is 27.2 Å². The minimum absolute atomic E-state index is 0.0467. The molecule has 0 aromatic rings. The molecule has 0 saturated carbocycles. The maximum Gasteiger partial charge on any atom is 0.328 e. The monoisotopic (exact) mass is 303 g/mol. The Morgan fingerprint density at radius 2 is 2.19 bits per heavy atom. The smallest absolute Gasteiger partial charge is 0.328 e. The molecule has 1 saturated heterocycles. The Bertz CT molecular complexity index is 389. The fourth-order valence-electron chi connectivity index (χ4n) is 1.89. The summed E-state index contributed by atoms with van der Waals surface area (Å²) in [5.74, 6) is -1.45. The van der Waals surface area contributed by atoms with Gasteiger partial charge in [0.05, 0.1) is 19.8 Å². The van der Waals surface area contributed by atoms with E-state index in [-0.39, 0.29) is 32.2 Å². The fourth-order valence-corrected chi connectivity index (χ4v) is 1.89. The van der Waals surface area contributed by atoms with Crippen LogP contribution >= 0.6 is 0 Å². The van der Waals surface area contributed by atoms with Gasteiger partial charge in [0.1, 0.15) is 6.54 Å². The van der Waals surface area contributed by atoms with Crippen molar-refractivity contribution in [2.24, 2.45) is 0 Å². The molecule has 120 valence electrons. The number of hydrogen-bond donors (Lipinski definition) is 2. The summed E-state index contributed by atoms with van der Waals surface area (Å²) in [6.45, 7) is 1.01. The highest BCUT2D eigenvalue weighted by atomic mass is 16.5. The van der Waals surface area contributed by atoms with Crippen molar-refractivity contribution in [3.63, 3.8) is 0 Å². The molecule has 1 aliphatic rings. The van der Waals surface area contributed by atoms with Crippen LogP contribution in [0.4, 0.5) is 4.79 Å². The fraction of sp³-hybridized carbons (Fsp3) is 0.750. The minimum atomic E-state index is -1.12. The van der Waals surface area contributed by atoms with Crippen LogP contribution < -0.4 is 5.32 Å². The van der Waals surface area contributed by atoms with Gasteiger partial charge in [-0.25, -0.2) is 9.59 Å². The molecule has 9 nitrogen and oxygen atoms in total. The quantitative estimate of drug-likeness (QED) is 0.583. The molecule has 9 heteroatoms. The number of likely N-dealkylation sites (N-methyl/N-ethyl adjacent to an activating group) is 1. The minimum Gasteiger partial charge on any atom is -0.480 e. The van der Waals surface area contributed by atoms with Crippen molar-refractivity contribution in [2.75, 3.05) is 53.6 Å². The van der Waals surface area contributed by atoms with Crippen LogP contribution in [0.15, 0.2) is 0 Å². The largest absolute Gasteiger partial charge is 0.480 e. The maximum absolute atomic E-state index is 12.2. The molecule has 0 radical (unpaired) electrons. The van der Waals surface area contributed by atoms with Gasteiger partial charge in [-0.05, 0) is 0 Å². The Balaban J connectivity index is 2.52. The van der Waals surface area contributed by atoms with Crippen molar-refractivity contribution >= 4 is 17.9 Å². The lowest BCUT2D eigenvalue weighted by atomic mass is 10.2. The highest BCUT2D eigenvalue weighted by Gasteiger charge is 2.34. The van der Waals surface area contributed by atoms with Gasteiger partial charge >= 0.3 is 12.0 Å². The van der Waals surface area contributed by atoms with E-state index in [9.17, 15) is 14.4 Å². The van der Waals surface area contributed by atoms with Crippen molar-refractivity contribution < 1.29 is 29.0 Å². The molecule has 1 fully saturated rings. The molecule has 0 spiro atoms. The second kappa shape index (κ2) is 8.42. The molecular weight excluding hydrogens is 282 g/mol. The summed E-state index contributed by atoms with van der Waals surface area (Å²) in [7, 11) is 2.97. The Morgan fingerprint density at radius 1 is 1.48 bits per heavy atom. The Hall–Kier alpha value is -1.87. The number of urea groups is 1. The first-order valence-electron chi connectivity index (χ1n) is 6.55. The molecule has 1 heterocycles. The van der Waals surface area contributed by atoms with E-state index in [1.807, 2.05) is 0 Å². The van der Waals surface area contributed by atoms with E-state index in [4.69, 9.17) is 14.6 Å². The molecule has 1 unspecified atom stereocenters. The molecule has 0 bridgehead atoms. The third-order valence-corrected chi connectivity index (χ3v) is 2.99. The van der Waals surface area contributed by atoms with Crippen molar-refractivity contribution in [1.29, 1.82) is 0 Å². The van der Waals surface area contributed by atoms with Gasteiger partial charge in [-0.2, -0.15) is 0 Å². The van der Waals surface area contributed by atoms with Crippen LogP contribution in [0.5, 0.6) is 0 Å². The third-order valence-electron chi connectivity index (χ3n) is 2.99. The molecule has 1 atom stereocenters. The number of amides is 3. The number of nitrogens with zero attached hydrogens (tertiary/aromatic N) is 2. The lowest BCUT2D eigenvalue weighted by molar-refractivity contribution is -0.147. The molecule has 2 N–H and O–H groups in total. The first-order valence-corrected chi connectivity index (χ1v) is 6.55. The molecule has 21 heavy (non-hydrogen) atoms. The summed E-state index contributed by atoms with van der Waals surface area (Å²) in [6.07, 6.45) is 0. The second-order valence-electron chi connectivity index (χ2n) is 4.60. The number of carbonyl (C=O) groups is 3. The average molecular weight is 303 g/mol. The molecule has 3 amide bonds. The molecule has 0 aromatic carbocycles. The first kappa shape index (κ1) is 17.2. The van der Waals surface area contributed by atoms with Crippen LogP contribution in [0.3, 0.4) is 0 Å². The van der Waals surface area contributed by atoms with E-state index in [1.54, 1.807) is 0 Å². The van der Waals surface area contributed by atoms with E-state index in [1.165, 1.54) is 24.0 Å². The molecular formula is C12H21N3O6. The zero-order valence-electron chi connectivity index (χ0n) is 12.2. The second-order valence-corrected chi connectivity index (χ2v) is 4.60. The standard InChI is InChI=1S/C12H21N3O6/c1-14(7-10(16)13-3-5-20-2)12(19)15-4-6-21-8-9(15)11(17)18/h9H,3-8H2,1-2H3,(H,13,16)(H,17,18). The number of carboxylic acids is 1. The van der Waals surface area contributed by atoms with E-state index in [0.717, 1.165) is 0 Å². The van der Waals surface area contributed by atoms with Gasteiger partial charge in [-0.3, -0.25) is 4.79 Å². The summed E-state index contributed by atoms with van der Waals surface area (Å²) >= 11 is 0. The van der Waals surface area contributed by atoms with Crippen LogP contribution in [0, 0.1) is 0 Å². The highest BCUT2D eigenvalue weighted by Crippen LogP contribution is 2.10. The van der Waals surface area contributed by atoms with Gasteiger partial charge < -0.3 is 29.7 Å². The molecule has 1 aliphatic heterocycles. The Morgan fingerprint density at radius 3 is 2.81 bits per heavy atom. The Labute approximate surface area is 122 Å². The van der Waals surface area contributed by atoms with Crippen molar-refractivity contribution in [3.05, 3.63) is 0 Å². The Kier molecular flexibility index (Phi) is 6.89. The van der Waals surface area contributed by atoms with E-state index >= 15 is 0 Å². The number of carboxylic acid groups (broad SMARTS) is 1. The predicted octanol–water partition coefficient (Wildman–Crippen LogP) is -1.41. The third kappa shape index (κ3) is 5.20. The molecule has 1 rings (SSSR count). The summed E-state index contributed by atoms with van der Waals surface area (Å²) in [6, 6.07) is -1.53. The summed E-state index contributed by atoms with van der Waals surface area (Å²) in [5, 5.41) is 11.7. The average Bonchev–Trinajstić information content (AvgIpc) is 2.46. The molecule has 0 aromatic heterocycles. The van der Waals surface area contributed by atoms with Crippen LogP contribution in [0.1, 0.15) is 0 Å². The van der Waals surface area contributed by atoms with Gasteiger partial charge in [-0.1, -0.05) is 0 Å². The van der Waals surface area contributed by atoms with E-state index < -0.39 is 18.0 Å². The van der Waals surface area contributed by atoms with Crippen molar-refractivity contribution in [1.82, 2.24) is 15.1 Å². The summed E-state index contributed by atoms with van der Waals surface area (Å²) < 4.78 is 9.86. The number of aliphatic carboxylic acids is 1. The lowest BCUT2D eigenvalue weighted by Crippen LogP contribution is -2.56. The number of carbonyl (C=O) groups excluding carboxylic acids is 2. The number of methoxy groups -OCH3 is 1. The van der Waals surface area contributed by atoms with Gasteiger partial charge in [0.2, 0.25) is 5.91 Å². The van der Waals surface area contributed by atoms with Crippen LogP contribution in [0.25, 0.3) is 0 Å². The number of ether oxygens (including phenoxy) is 2. The van der Waals surface area contributed by atoms with E-state index in [2.05, 4.69) is 5.32 Å². The van der Waals surface area contributed by atoms with Gasteiger partial charge in [0.25, 0.3) is 0 Å². The van der Waals surface area contributed by atoms with Crippen molar-refractivity contribution in [3.8, 4) is 0 Å². The first-order chi connectivity index (χ1) is 9.97. The predicted molar refractivity (Wildman–Crippen MR) is 71.9 cm³/mol. The topological polar surface area (TPSA) is 108 Å². The summed E-state index contributed by atoms with van der Waals surface area (Å²) in [4.78, 5) is 37.3. The molecule has 0 aliphatic carbocycles. The van der Waals surface area contributed by atoms with Crippen molar-refractivity contribution in [2.45, 2.75) is 6.04 Å². The van der Waals surface area contributed by atoms with Gasteiger partial charge in [-0.15, -0.1) is 0 Å². The number of nitrogens with one attached hydrogen (secondary N) is 1. The zero-order chi connectivity index (χ0) is 15.8. The van der Waals surface area contributed by atoms with Crippen LogP contribution in [-0.2, 0) is 19.1 Å². The van der Waals surface area contributed by atoms with Crippen LogP contribution in [0.2, 0.25) is 0 Å². The SMILES string of the molecule is COCCNC(=O)CN(C)C(=O)N1CCOCC1C(=O)O. The number of rotatable bonds is 6. The number of hydrogen-bond acceptors (Lipinski definition) is 5. The summed E-state index contributed by atoms with van der Waals surface area (Å²) in [5.41, 5.74) is 0. The van der Waals surface area contributed by atoms with E-state index in [0.29, 0.717) is 13.2 Å².